The van der Waals surface area contributed by atoms with Crippen LogP contribution in [0.4, 0.5) is 0 Å². The molecule has 2 unspecified atom stereocenters. The predicted octanol–water partition coefficient (Wildman–Crippen LogP) is 2.46. The quantitative estimate of drug-likeness (QED) is 0.661. The first kappa shape index (κ1) is 13.7. The molecule has 2 N–H and O–H groups in total. The minimum atomic E-state index is -0.914. The Morgan fingerprint density at radius 1 is 1.36 bits per heavy atom. The fourth-order valence-electron chi connectivity index (χ4n) is 1.72. The van der Waals surface area contributed by atoms with Gasteiger partial charge in [-0.25, -0.2) is 0 Å². The summed E-state index contributed by atoms with van der Waals surface area (Å²) in [6.07, 6.45) is 6.58. The number of allylic oxidation sites excluding steroid dienone is 2. The summed E-state index contributed by atoms with van der Waals surface area (Å²) < 4.78 is 0. The molecule has 2 nitrogen and oxygen atoms in total. The molecule has 0 aromatic carbocycles. The van der Waals surface area contributed by atoms with Crippen LogP contribution in [0.5, 0.6) is 0 Å². The van der Waals surface area contributed by atoms with E-state index in [2.05, 4.69) is 6.92 Å². The van der Waals surface area contributed by atoms with Gasteiger partial charge in [-0.15, -0.1) is 0 Å². The van der Waals surface area contributed by atoms with Crippen molar-refractivity contribution >= 4 is 0 Å². The molecule has 0 aromatic heterocycles. The Labute approximate surface area is 87.7 Å². The maximum absolute atomic E-state index is 10.2. The molecule has 2 atom stereocenters. The molecule has 0 aromatic rings. The molecule has 0 rings (SSSR count). The van der Waals surface area contributed by atoms with Crippen molar-refractivity contribution in [3.05, 3.63) is 19.1 Å². The average Bonchev–Trinajstić information content (AvgIpc) is 2.17. The third kappa shape index (κ3) is 4.25. The molecular formula is C12H23O2. The molecule has 0 aliphatic carbocycles. The SMILES string of the molecule is [CH2]C=CCCC(O)(CCC)C(O)CC. The molecule has 0 saturated carbocycles. The highest BCUT2D eigenvalue weighted by Crippen LogP contribution is 2.25. The third-order valence-electron chi connectivity index (χ3n) is 2.60. The Morgan fingerprint density at radius 2 is 2.00 bits per heavy atom. The summed E-state index contributed by atoms with van der Waals surface area (Å²) in [4.78, 5) is 0. The van der Waals surface area contributed by atoms with E-state index in [1.807, 2.05) is 19.9 Å². The van der Waals surface area contributed by atoms with Crippen molar-refractivity contribution in [3.8, 4) is 0 Å². The lowest BCUT2D eigenvalue weighted by Gasteiger charge is -2.32. The topological polar surface area (TPSA) is 40.5 Å². The van der Waals surface area contributed by atoms with Crippen LogP contribution in [0.15, 0.2) is 12.2 Å². The number of hydrogen-bond donors (Lipinski definition) is 2. The van der Waals surface area contributed by atoms with Gasteiger partial charge in [0.05, 0.1) is 11.7 Å². The zero-order valence-electron chi connectivity index (χ0n) is 9.37. The lowest BCUT2D eigenvalue weighted by atomic mass is 9.85. The van der Waals surface area contributed by atoms with Crippen molar-refractivity contribution < 1.29 is 10.2 Å². The van der Waals surface area contributed by atoms with E-state index in [9.17, 15) is 10.2 Å². The van der Waals surface area contributed by atoms with Crippen molar-refractivity contribution in [1.29, 1.82) is 0 Å². The van der Waals surface area contributed by atoms with Gasteiger partial charge in [0, 0.05) is 0 Å². The first-order chi connectivity index (χ1) is 6.60. The second kappa shape index (κ2) is 7.02. The van der Waals surface area contributed by atoms with Crippen LogP contribution in [0.3, 0.4) is 0 Å². The van der Waals surface area contributed by atoms with E-state index in [4.69, 9.17) is 0 Å². The summed E-state index contributed by atoms with van der Waals surface area (Å²) in [5, 5.41) is 19.9. The molecule has 83 valence electrons. The molecule has 0 saturated heterocycles. The number of rotatable bonds is 7. The van der Waals surface area contributed by atoms with E-state index >= 15 is 0 Å². The average molecular weight is 199 g/mol. The zero-order chi connectivity index (χ0) is 11.0. The molecule has 0 aliphatic rings. The molecule has 2 heteroatoms. The van der Waals surface area contributed by atoms with Crippen LogP contribution in [0, 0.1) is 6.92 Å². The predicted molar refractivity (Wildman–Crippen MR) is 59.9 cm³/mol. The molecule has 0 amide bonds. The van der Waals surface area contributed by atoms with Crippen LogP contribution < -0.4 is 0 Å². The summed E-state index contributed by atoms with van der Waals surface area (Å²) in [5.74, 6) is 0. The van der Waals surface area contributed by atoms with Crippen LogP contribution in [0.2, 0.25) is 0 Å². The zero-order valence-corrected chi connectivity index (χ0v) is 9.37. The fourth-order valence-corrected chi connectivity index (χ4v) is 1.72. The van der Waals surface area contributed by atoms with Crippen molar-refractivity contribution in [2.24, 2.45) is 0 Å². The fraction of sp³-hybridized carbons (Fsp3) is 0.750. The highest BCUT2D eigenvalue weighted by molar-refractivity contribution is 4.91. The molecule has 14 heavy (non-hydrogen) atoms. The highest BCUT2D eigenvalue weighted by Gasteiger charge is 2.32. The minimum absolute atomic E-state index is 0.602. The van der Waals surface area contributed by atoms with E-state index in [0.29, 0.717) is 19.3 Å². The lowest BCUT2D eigenvalue weighted by molar-refractivity contribution is -0.0865. The summed E-state index contributed by atoms with van der Waals surface area (Å²) in [6.45, 7) is 7.50. The standard InChI is InChI=1S/C12H23O2/c1-4-7-8-10-12(14,9-5-2)11(13)6-3/h4,7,11,13-14H,1,5-6,8-10H2,2-3H3. The molecule has 0 fully saturated rings. The summed E-state index contributed by atoms with van der Waals surface area (Å²) in [5.41, 5.74) is -0.914. The van der Waals surface area contributed by atoms with Crippen molar-refractivity contribution in [2.45, 2.75) is 57.7 Å². The number of hydrogen-bond acceptors (Lipinski definition) is 2. The Morgan fingerprint density at radius 3 is 2.43 bits per heavy atom. The van der Waals surface area contributed by atoms with Gasteiger partial charge in [0.2, 0.25) is 0 Å². The lowest BCUT2D eigenvalue weighted by Crippen LogP contribution is -2.41. The van der Waals surface area contributed by atoms with E-state index in [0.717, 1.165) is 12.8 Å². The van der Waals surface area contributed by atoms with E-state index in [1.165, 1.54) is 0 Å². The monoisotopic (exact) mass is 199 g/mol. The van der Waals surface area contributed by atoms with Crippen LogP contribution in [0.25, 0.3) is 0 Å². The second-order valence-corrected chi connectivity index (χ2v) is 3.79. The van der Waals surface area contributed by atoms with E-state index < -0.39 is 11.7 Å². The first-order valence-electron chi connectivity index (χ1n) is 5.45. The Kier molecular flexibility index (Phi) is 6.85. The smallest absolute Gasteiger partial charge is 0.0908 e. The number of aliphatic hydroxyl groups is 2. The van der Waals surface area contributed by atoms with Gasteiger partial charge in [0.15, 0.2) is 0 Å². The maximum atomic E-state index is 10.2. The van der Waals surface area contributed by atoms with Gasteiger partial charge in [-0.1, -0.05) is 32.4 Å². The molecular weight excluding hydrogens is 176 g/mol. The van der Waals surface area contributed by atoms with Crippen LogP contribution in [0.1, 0.15) is 46.0 Å². The van der Waals surface area contributed by atoms with Gasteiger partial charge < -0.3 is 10.2 Å². The first-order valence-corrected chi connectivity index (χ1v) is 5.45. The van der Waals surface area contributed by atoms with Gasteiger partial charge in [-0.3, -0.25) is 0 Å². The molecule has 0 heterocycles. The molecule has 1 radical (unpaired) electrons. The largest absolute Gasteiger partial charge is 0.390 e. The number of aliphatic hydroxyl groups excluding tert-OH is 1. The summed E-state index contributed by atoms with van der Waals surface area (Å²) in [6, 6.07) is 0. The van der Waals surface area contributed by atoms with Gasteiger partial charge in [0.1, 0.15) is 0 Å². The van der Waals surface area contributed by atoms with Gasteiger partial charge in [-0.2, -0.15) is 0 Å². The maximum Gasteiger partial charge on any atom is 0.0908 e. The van der Waals surface area contributed by atoms with Crippen LogP contribution >= 0.6 is 0 Å². The van der Waals surface area contributed by atoms with Gasteiger partial charge >= 0.3 is 0 Å². The molecule has 0 aliphatic heterocycles. The normalized spacial score (nSPS) is 18.4. The van der Waals surface area contributed by atoms with Crippen molar-refractivity contribution in [2.75, 3.05) is 0 Å². The van der Waals surface area contributed by atoms with E-state index in [1.54, 1.807) is 6.08 Å². The Balaban J connectivity index is 4.22. The Bertz CT molecular complexity index is 166. The molecule has 0 bridgehead atoms. The van der Waals surface area contributed by atoms with Gasteiger partial charge in [-0.05, 0) is 32.6 Å². The second-order valence-electron chi connectivity index (χ2n) is 3.79. The van der Waals surface area contributed by atoms with Crippen LogP contribution in [-0.4, -0.2) is 21.9 Å². The Hall–Kier alpha value is -0.340. The highest BCUT2D eigenvalue weighted by atomic mass is 16.3. The minimum Gasteiger partial charge on any atom is -0.390 e. The third-order valence-corrected chi connectivity index (χ3v) is 2.60. The van der Waals surface area contributed by atoms with Crippen molar-refractivity contribution in [3.63, 3.8) is 0 Å². The van der Waals surface area contributed by atoms with Crippen LogP contribution in [-0.2, 0) is 0 Å². The molecule has 0 spiro atoms. The summed E-state index contributed by atoms with van der Waals surface area (Å²) >= 11 is 0. The van der Waals surface area contributed by atoms with Gasteiger partial charge in [0.25, 0.3) is 0 Å². The van der Waals surface area contributed by atoms with E-state index in [-0.39, 0.29) is 0 Å². The summed E-state index contributed by atoms with van der Waals surface area (Å²) in [7, 11) is 0. The van der Waals surface area contributed by atoms with Crippen molar-refractivity contribution in [1.82, 2.24) is 0 Å².